The molecule has 0 atom stereocenters. The highest BCUT2D eigenvalue weighted by Crippen LogP contribution is 2.22. The van der Waals surface area contributed by atoms with Crippen molar-refractivity contribution in [3.63, 3.8) is 0 Å². The number of hydrogen-bond acceptors (Lipinski definition) is 5. The molecule has 0 spiro atoms. The van der Waals surface area contributed by atoms with Crippen molar-refractivity contribution >= 4 is 5.91 Å². The summed E-state index contributed by atoms with van der Waals surface area (Å²) < 4.78 is 5.46. The number of aromatic nitrogens is 3. The minimum atomic E-state index is -0.0197. The molecule has 144 valence electrons. The predicted molar refractivity (Wildman–Crippen MR) is 102 cm³/mol. The normalized spacial score (nSPS) is 20.1. The van der Waals surface area contributed by atoms with Gasteiger partial charge in [-0.2, -0.15) is 9.90 Å². The predicted octanol–water partition coefficient (Wildman–Crippen LogP) is 1.98. The molecule has 0 unspecified atom stereocenters. The lowest BCUT2D eigenvalue weighted by atomic mass is 9.98. The highest BCUT2D eigenvalue weighted by Gasteiger charge is 2.30. The molecule has 1 amide bonds. The maximum Gasteiger partial charge on any atom is 0.276 e. The first kappa shape index (κ1) is 18.1. The van der Waals surface area contributed by atoms with E-state index in [-0.39, 0.29) is 5.91 Å². The minimum absolute atomic E-state index is 0.0197. The van der Waals surface area contributed by atoms with E-state index in [0.717, 1.165) is 57.5 Å². The van der Waals surface area contributed by atoms with E-state index in [4.69, 9.17) is 4.74 Å². The van der Waals surface area contributed by atoms with Gasteiger partial charge in [0.25, 0.3) is 5.91 Å². The first-order chi connectivity index (χ1) is 13.2. The first-order valence-corrected chi connectivity index (χ1v) is 9.78. The van der Waals surface area contributed by atoms with Crippen LogP contribution in [0.3, 0.4) is 0 Å². The minimum Gasteiger partial charge on any atom is -0.381 e. The van der Waals surface area contributed by atoms with Crippen LogP contribution in [0.25, 0.3) is 5.69 Å². The van der Waals surface area contributed by atoms with Crippen LogP contribution in [0.1, 0.15) is 36.2 Å². The van der Waals surface area contributed by atoms with Gasteiger partial charge in [0.15, 0.2) is 5.69 Å². The van der Waals surface area contributed by atoms with E-state index < -0.39 is 0 Å². The van der Waals surface area contributed by atoms with Crippen LogP contribution in [-0.4, -0.2) is 76.1 Å². The summed E-state index contributed by atoms with van der Waals surface area (Å²) in [6.07, 6.45) is 6.25. The van der Waals surface area contributed by atoms with E-state index >= 15 is 0 Å². The Morgan fingerprint density at radius 1 is 1.04 bits per heavy atom. The van der Waals surface area contributed by atoms with E-state index in [1.807, 2.05) is 35.2 Å². The summed E-state index contributed by atoms with van der Waals surface area (Å²) >= 11 is 0. The van der Waals surface area contributed by atoms with Gasteiger partial charge < -0.3 is 14.5 Å². The SMILES string of the molecule is COC1CCN(C2CCN(C(=O)c3cnn(-c4ccccc4)n3)CC2)CC1. The number of rotatable bonds is 4. The molecule has 2 aliphatic heterocycles. The van der Waals surface area contributed by atoms with E-state index in [9.17, 15) is 4.79 Å². The standard InChI is InChI=1S/C20H27N5O2/c1-27-18-9-13-23(14-10-18)16-7-11-24(12-8-16)20(26)19-15-21-25(22-19)17-5-3-2-4-6-17/h2-6,15-16,18H,7-14H2,1H3. The molecule has 0 radical (unpaired) electrons. The number of likely N-dealkylation sites (tertiary alicyclic amines) is 2. The Morgan fingerprint density at radius 2 is 1.74 bits per heavy atom. The monoisotopic (exact) mass is 369 g/mol. The number of nitrogens with zero attached hydrogens (tertiary/aromatic N) is 5. The molecule has 0 saturated carbocycles. The Hall–Kier alpha value is -2.25. The number of amides is 1. The Kier molecular flexibility index (Phi) is 5.50. The van der Waals surface area contributed by atoms with E-state index in [1.54, 1.807) is 13.3 Å². The second-order valence-corrected chi connectivity index (χ2v) is 7.35. The molecule has 1 aromatic carbocycles. The van der Waals surface area contributed by atoms with Gasteiger partial charge in [0, 0.05) is 39.3 Å². The van der Waals surface area contributed by atoms with Crippen LogP contribution < -0.4 is 0 Å². The summed E-state index contributed by atoms with van der Waals surface area (Å²) in [6, 6.07) is 10.2. The first-order valence-electron chi connectivity index (χ1n) is 9.78. The Bertz CT molecular complexity index is 747. The molecule has 4 rings (SSSR count). The van der Waals surface area contributed by atoms with E-state index in [2.05, 4.69) is 15.1 Å². The van der Waals surface area contributed by atoms with Crippen molar-refractivity contribution in [2.45, 2.75) is 37.8 Å². The summed E-state index contributed by atoms with van der Waals surface area (Å²) in [5, 5.41) is 8.62. The van der Waals surface area contributed by atoms with Crippen molar-refractivity contribution in [1.29, 1.82) is 0 Å². The molecule has 0 aliphatic carbocycles. The maximum atomic E-state index is 12.8. The van der Waals surface area contributed by atoms with Crippen LogP contribution in [0.4, 0.5) is 0 Å². The largest absolute Gasteiger partial charge is 0.381 e. The summed E-state index contributed by atoms with van der Waals surface area (Å²) in [5.41, 5.74) is 1.27. The highest BCUT2D eigenvalue weighted by atomic mass is 16.5. The fourth-order valence-electron chi connectivity index (χ4n) is 4.12. The van der Waals surface area contributed by atoms with E-state index in [0.29, 0.717) is 17.8 Å². The van der Waals surface area contributed by atoms with Gasteiger partial charge in [-0.25, -0.2) is 0 Å². The van der Waals surface area contributed by atoms with Gasteiger partial charge in [-0.1, -0.05) is 18.2 Å². The van der Waals surface area contributed by atoms with Crippen LogP contribution in [-0.2, 0) is 4.74 Å². The average Bonchev–Trinajstić information content (AvgIpc) is 3.24. The number of ether oxygens (including phenoxy) is 1. The van der Waals surface area contributed by atoms with Gasteiger partial charge in [0.2, 0.25) is 0 Å². The topological polar surface area (TPSA) is 63.5 Å². The van der Waals surface area contributed by atoms with Crippen molar-refractivity contribution in [1.82, 2.24) is 24.8 Å². The fraction of sp³-hybridized carbons (Fsp3) is 0.550. The molecule has 7 nitrogen and oxygen atoms in total. The van der Waals surface area contributed by atoms with Crippen molar-refractivity contribution in [3.8, 4) is 5.69 Å². The molecule has 0 bridgehead atoms. The van der Waals surface area contributed by atoms with Crippen LogP contribution in [0, 0.1) is 0 Å². The van der Waals surface area contributed by atoms with Crippen LogP contribution in [0.15, 0.2) is 36.5 Å². The molecular weight excluding hydrogens is 342 g/mol. The fourth-order valence-corrected chi connectivity index (χ4v) is 4.12. The van der Waals surface area contributed by atoms with Crippen molar-refractivity contribution in [3.05, 3.63) is 42.2 Å². The van der Waals surface area contributed by atoms with Gasteiger partial charge in [-0.05, 0) is 37.8 Å². The zero-order valence-electron chi connectivity index (χ0n) is 15.8. The zero-order valence-corrected chi connectivity index (χ0v) is 15.8. The molecule has 1 aromatic heterocycles. The Balaban J connectivity index is 1.32. The summed E-state index contributed by atoms with van der Waals surface area (Å²) in [6.45, 7) is 3.77. The maximum absolute atomic E-state index is 12.8. The second kappa shape index (κ2) is 8.19. The third-order valence-corrected chi connectivity index (χ3v) is 5.78. The van der Waals surface area contributed by atoms with Crippen LogP contribution in [0.2, 0.25) is 0 Å². The molecule has 7 heteroatoms. The Labute approximate surface area is 159 Å². The number of benzene rings is 1. The lowest BCUT2D eigenvalue weighted by molar-refractivity contribution is 0.0144. The van der Waals surface area contributed by atoms with Crippen molar-refractivity contribution in [2.75, 3.05) is 33.3 Å². The highest BCUT2D eigenvalue weighted by molar-refractivity contribution is 5.92. The average molecular weight is 369 g/mol. The number of carbonyl (C=O) groups is 1. The third kappa shape index (κ3) is 4.04. The smallest absolute Gasteiger partial charge is 0.276 e. The zero-order chi connectivity index (χ0) is 18.6. The second-order valence-electron chi connectivity index (χ2n) is 7.35. The lowest BCUT2D eigenvalue weighted by Gasteiger charge is -2.41. The van der Waals surface area contributed by atoms with Gasteiger partial charge in [0.05, 0.1) is 18.0 Å². The van der Waals surface area contributed by atoms with E-state index in [1.165, 1.54) is 4.80 Å². The third-order valence-electron chi connectivity index (χ3n) is 5.78. The molecule has 0 N–H and O–H groups in total. The Morgan fingerprint density at radius 3 is 2.41 bits per heavy atom. The summed E-state index contributed by atoms with van der Waals surface area (Å²) in [4.78, 5) is 18.8. The number of piperidine rings is 2. The number of carbonyl (C=O) groups excluding carboxylic acids is 1. The number of hydrogen-bond donors (Lipinski definition) is 0. The van der Waals surface area contributed by atoms with Crippen LogP contribution >= 0.6 is 0 Å². The van der Waals surface area contributed by atoms with Gasteiger partial charge >= 0.3 is 0 Å². The van der Waals surface area contributed by atoms with Crippen molar-refractivity contribution in [2.24, 2.45) is 0 Å². The molecular formula is C20H27N5O2. The van der Waals surface area contributed by atoms with Crippen molar-refractivity contribution < 1.29 is 9.53 Å². The molecule has 2 fully saturated rings. The van der Waals surface area contributed by atoms with Gasteiger partial charge in [0.1, 0.15) is 0 Å². The lowest BCUT2D eigenvalue weighted by Crippen LogP contribution is -2.49. The number of methoxy groups -OCH3 is 1. The van der Waals surface area contributed by atoms with Crippen LogP contribution in [0.5, 0.6) is 0 Å². The molecule has 2 aliphatic rings. The summed E-state index contributed by atoms with van der Waals surface area (Å²) in [7, 11) is 1.80. The number of para-hydroxylation sites is 1. The molecule has 2 aromatic rings. The summed E-state index contributed by atoms with van der Waals surface area (Å²) in [5.74, 6) is -0.0197. The quantitative estimate of drug-likeness (QED) is 0.825. The van der Waals surface area contributed by atoms with Gasteiger partial charge in [-0.3, -0.25) is 4.79 Å². The molecule has 27 heavy (non-hydrogen) atoms. The van der Waals surface area contributed by atoms with Gasteiger partial charge in [-0.15, -0.1) is 5.10 Å². The molecule has 2 saturated heterocycles. The molecule has 3 heterocycles.